The van der Waals surface area contributed by atoms with Crippen molar-refractivity contribution >= 4 is 23.9 Å². The van der Waals surface area contributed by atoms with Gasteiger partial charge in [-0.3, -0.25) is 4.79 Å². The Morgan fingerprint density at radius 2 is 1.33 bits per heavy atom. The van der Waals surface area contributed by atoms with E-state index in [1.807, 2.05) is 0 Å². The fraction of sp³-hybridized carbons (Fsp3) is 0.436. The van der Waals surface area contributed by atoms with Gasteiger partial charge in [-0.1, -0.05) is 92.9 Å². The van der Waals surface area contributed by atoms with E-state index in [1.54, 1.807) is 0 Å². The van der Waals surface area contributed by atoms with E-state index < -0.39 is 113 Å². The molecule has 2 aromatic carbocycles. The first-order chi connectivity index (χ1) is 25.8. The van der Waals surface area contributed by atoms with Crippen molar-refractivity contribution < 1.29 is 73.9 Å². The third-order valence-electron chi connectivity index (χ3n) is 10.6. The summed E-state index contributed by atoms with van der Waals surface area (Å²) in [5.74, 6) is -8.68. The van der Waals surface area contributed by atoms with Crippen LogP contribution in [-0.4, -0.2) is 75.4 Å². The minimum absolute atomic E-state index is 0.0964. The summed E-state index contributed by atoms with van der Waals surface area (Å²) in [4.78, 5) is 52.7. The molecule has 0 spiro atoms. The Bertz CT molecular complexity index is 1840. The molecule has 9 atom stereocenters. The number of benzene rings is 2. The molecule has 3 fully saturated rings. The van der Waals surface area contributed by atoms with Gasteiger partial charge in [0.25, 0.3) is 11.2 Å². The molecule has 16 heteroatoms. The first kappa shape index (κ1) is 41.2. The minimum Gasteiger partial charge on any atom is -0.461 e. The maximum atomic E-state index is 14.6. The van der Waals surface area contributed by atoms with Crippen molar-refractivity contribution in [2.45, 2.75) is 61.6 Å². The van der Waals surface area contributed by atoms with Gasteiger partial charge in [-0.05, 0) is 17.9 Å². The van der Waals surface area contributed by atoms with E-state index in [0.29, 0.717) is 12.7 Å². The molecule has 55 heavy (non-hydrogen) atoms. The van der Waals surface area contributed by atoms with Crippen LogP contribution in [0.3, 0.4) is 0 Å². The average Bonchev–Trinajstić information content (AvgIpc) is 3.57. The third-order valence-corrected chi connectivity index (χ3v) is 10.6. The molecule has 0 unspecified atom stereocenters. The lowest BCUT2D eigenvalue weighted by Gasteiger charge is -2.34. The summed E-state index contributed by atoms with van der Waals surface area (Å²) >= 11 is 0. The normalized spacial score (nSPS) is 27.4. The molecule has 2 saturated carbocycles. The van der Waals surface area contributed by atoms with Crippen LogP contribution in [0.25, 0.3) is 0 Å². The van der Waals surface area contributed by atoms with E-state index >= 15 is 0 Å². The van der Waals surface area contributed by atoms with Gasteiger partial charge in [0.15, 0.2) is 0 Å². The molecule has 2 aromatic rings. The summed E-state index contributed by atoms with van der Waals surface area (Å²) in [6.07, 6.45) is -14.2. The Morgan fingerprint density at radius 1 is 0.818 bits per heavy atom. The molecule has 0 bridgehead atoms. The lowest BCUT2D eigenvalue weighted by molar-refractivity contribution is -0.278. The number of hydrogen-bond acceptors (Lipinski definition) is 10. The SMILES string of the molecule is C=C(COC(=O)[C@](OC)(c1ccccc1)C(F)(F)F)C(=O)O[C@H]1CC(=C)[C@@H]2C[C@@H](OC(=O)[C@](OC)(c3ccccc3)C(F)(F)F)C(=C)[C@@H]2[C@H]2OC(=O)[C@@H](C)[C@@H]21. The maximum absolute atomic E-state index is 14.6. The Morgan fingerprint density at radius 3 is 1.82 bits per heavy atom. The van der Waals surface area contributed by atoms with Gasteiger partial charge in [-0.2, -0.15) is 26.3 Å². The van der Waals surface area contributed by atoms with Crippen LogP contribution in [0.2, 0.25) is 0 Å². The van der Waals surface area contributed by atoms with Crippen LogP contribution in [0, 0.1) is 23.7 Å². The van der Waals surface area contributed by atoms with Crippen molar-refractivity contribution in [2.24, 2.45) is 23.7 Å². The first-order valence-electron chi connectivity index (χ1n) is 17.0. The van der Waals surface area contributed by atoms with Gasteiger partial charge in [-0.15, -0.1) is 0 Å². The quantitative estimate of drug-likeness (QED) is 0.0827. The van der Waals surface area contributed by atoms with Crippen molar-refractivity contribution in [3.63, 3.8) is 0 Å². The summed E-state index contributed by atoms with van der Waals surface area (Å²) in [5.41, 5.74) is -8.05. The molecular formula is C39H38F6O10. The summed E-state index contributed by atoms with van der Waals surface area (Å²) in [5, 5.41) is 0. The van der Waals surface area contributed by atoms with Crippen molar-refractivity contribution in [1.29, 1.82) is 0 Å². The van der Waals surface area contributed by atoms with Gasteiger partial charge < -0.3 is 28.4 Å². The topological polar surface area (TPSA) is 124 Å². The van der Waals surface area contributed by atoms with Gasteiger partial charge in [0.05, 0.1) is 11.5 Å². The molecule has 1 aliphatic heterocycles. The Hall–Kier alpha value is -4.96. The van der Waals surface area contributed by atoms with Crippen LogP contribution in [0.5, 0.6) is 0 Å². The van der Waals surface area contributed by atoms with Gasteiger partial charge in [0, 0.05) is 43.6 Å². The minimum atomic E-state index is -5.27. The maximum Gasteiger partial charge on any atom is 0.432 e. The second-order valence-electron chi connectivity index (χ2n) is 13.6. The van der Waals surface area contributed by atoms with E-state index in [2.05, 4.69) is 19.7 Å². The number of hydrogen-bond donors (Lipinski definition) is 0. The van der Waals surface area contributed by atoms with Crippen LogP contribution < -0.4 is 0 Å². The molecule has 0 radical (unpaired) electrons. The molecule has 3 aliphatic rings. The zero-order valence-corrected chi connectivity index (χ0v) is 29.9. The summed E-state index contributed by atoms with van der Waals surface area (Å²) in [6, 6.07) is 12.3. The monoisotopic (exact) mass is 780 g/mol. The molecule has 10 nitrogen and oxygen atoms in total. The Labute approximate surface area is 312 Å². The zero-order valence-electron chi connectivity index (χ0n) is 29.9. The van der Waals surface area contributed by atoms with Crippen LogP contribution in [-0.2, 0) is 58.8 Å². The summed E-state index contributed by atoms with van der Waals surface area (Å²) < 4.78 is 118. The number of rotatable bonds is 11. The number of fused-ring (bicyclic) bond motifs is 3. The largest absolute Gasteiger partial charge is 0.461 e. The number of methoxy groups -OCH3 is 2. The highest BCUT2D eigenvalue weighted by Gasteiger charge is 2.66. The summed E-state index contributed by atoms with van der Waals surface area (Å²) in [6.45, 7) is 12.2. The number of esters is 4. The average molecular weight is 781 g/mol. The van der Waals surface area contributed by atoms with E-state index in [-0.39, 0.29) is 18.4 Å². The fourth-order valence-corrected chi connectivity index (χ4v) is 7.78. The van der Waals surface area contributed by atoms with Crippen molar-refractivity contribution in [1.82, 2.24) is 0 Å². The lowest BCUT2D eigenvalue weighted by Crippen LogP contribution is -2.52. The molecule has 0 amide bonds. The van der Waals surface area contributed by atoms with Crippen LogP contribution in [0.4, 0.5) is 26.3 Å². The number of alkyl halides is 6. The van der Waals surface area contributed by atoms with Gasteiger partial charge in [-0.25, -0.2) is 14.4 Å². The Balaban J connectivity index is 1.33. The number of carbonyl (C=O) groups is 4. The van der Waals surface area contributed by atoms with E-state index in [9.17, 15) is 45.5 Å². The standard InChI is InChI=1S/C39H38F6O10/c1-20-17-28(53-32(46)21(2)19-52-34(48)36(50-5,38(40,41)42)24-13-9-7-10-14-24)30-23(4)33(47)55-31(30)29-22(3)27(18-26(20)29)54-35(49)37(51-6,39(43,44)45)25-15-11-8-12-16-25/h7-16,23,26-31H,1-3,17-19H2,4-6H3/t23-,26-,27+,28-,29-,30+,31+,36+,37+/m0/s1. The van der Waals surface area contributed by atoms with Crippen LogP contribution >= 0.6 is 0 Å². The number of ether oxygens (including phenoxy) is 6. The zero-order chi connectivity index (χ0) is 40.7. The predicted molar refractivity (Wildman–Crippen MR) is 179 cm³/mol. The first-order valence-corrected chi connectivity index (χ1v) is 17.0. The van der Waals surface area contributed by atoms with Crippen LogP contribution in [0.15, 0.2) is 97.1 Å². The van der Waals surface area contributed by atoms with Crippen molar-refractivity contribution in [3.8, 4) is 0 Å². The second kappa shape index (κ2) is 15.3. The molecule has 296 valence electrons. The molecule has 2 aliphatic carbocycles. The third kappa shape index (κ3) is 7.05. The smallest absolute Gasteiger partial charge is 0.432 e. The highest BCUT2D eigenvalue weighted by molar-refractivity contribution is 5.89. The lowest BCUT2D eigenvalue weighted by atomic mass is 9.79. The molecule has 1 saturated heterocycles. The summed E-state index contributed by atoms with van der Waals surface area (Å²) in [7, 11) is 1.42. The molecule has 0 N–H and O–H groups in total. The van der Waals surface area contributed by atoms with E-state index in [0.717, 1.165) is 31.4 Å². The molecule has 0 aromatic heterocycles. The predicted octanol–water partition coefficient (Wildman–Crippen LogP) is 6.45. The van der Waals surface area contributed by atoms with Crippen molar-refractivity contribution in [2.75, 3.05) is 20.8 Å². The van der Waals surface area contributed by atoms with E-state index in [4.69, 9.17) is 28.4 Å². The highest BCUT2D eigenvalue weighted by Crippen LogP contribution is 2.54. The van der Waals surface area contributed by atoms with Gasteiger partial charge >= 0.3 is 36.2 Å². The van der Waals surface area contributed by atoms with E-state index in [1.165, 1.54) is 43.3 Å². The van der Waals surface area contributed by atoms with Gasteiger partial charge in [0.1, 0.15) is 24.9 Å². The van der Waals surface area contributed by atoms with Crippen molar-refractivity contribution in [3.05, 3.63) is 108 Å². The number of halogens is 6. The molecule has 1 heterocycles. The Kier molecular flexibility index (Phi) is 11.5. The fourth-order valence-electron chi connectivity index (χ4n) is 7.78. The molecule has 5 rings (SSSR count). The number of carbonyl (C=O) groups excluding carboxylic acids is 4. The van der Waals surface area contributed by atoms with Gasteiger partial charge in [0.2, 0.25) is 0 Å². The highest BCUT2D eigenvalue weighted by atomic mass is 19.4. The van der Waals surface area contributed by atoms with Crippen LogP contribution in [0.1, 0.15) is 30.9 Å². The second-order valence-corrected chi connectivity index (χ2v) is 13.6. The molecular weight excluding hydrogens is 742 g/mol.